The molecule has 1 atom stereocenters. The summed E-state index contributed by atoms with van der Waals surface area (Å²) in [6.45, 7) is 1.43. The number of fused-ring (bicyclic) bond motifs is 1. The highest BCUT2D eigenvalue weighted by molar-refractivity contribution is 5.22. The van der Waals surface area contributed by atoms with Gasteiger partial charge in [0, 0.05) is 12.5 Å². The monoisotopic (exact) mass is 344 g/mol. The number of benzene rings is 1. The number of hydrogen-bond donors (Lipinski definition) is 1. The molecule has 3 aromatic rings. The summed E-state index contributed by atoms with van der Waals surface area (Å²) in [6, 6.07) is 6.08. The van der Waals surface area contributed by atoms with E-state index in [1.54, 1.807) is 18.5 Å². The van der Waals surface area contributed by atoms with Crippen LogP contribution in [0.15, 0.2) is 35.1 Å². The van der Waals surface area contributed by atoms with Crippen LogP contribution in [0.1, 0.15) is 24.0 Å². The van der Waals surface area contributed by atoms with E-state index in [1.807, 2.05) is 4.68 Å². The Morgan fingerprint density at radius 3 is 3.08 bits per heavy atom. The molecule has 130 valence electrons. The Morgan fingerprint density at radius 1 is 1.32 bits per heavy atom. The van der Waals surface area contributed by atoms with Gasteiger partial charge in [-0.2, -0.15) is 10.1 Å². The fraction of sp³-hybridized carbons (Fsp3) is 0.375. The van der Waals surface area contributed by atoms with Gasteiger partial charge in [-0.05, 0) is 30.7 Å². The second-order valence-corrected chi connectivity index (χ2v) is 5.82. The number of halogens is 1. The zero-order valence-electron chi connectivity index (χ0n) is 13.4. The molecule has 0 fully saturated rings. The summed E-state index contributed by atoms with van der Waals surface area (Å²) in [4.78, 5) is 8.50. The fourth-order valence-electron chi connectivity index (χ4n) is 2.74. The molecule has 0 saturated carbocycles. The molecule has 1 aliphatic rings. The summed E-state index contributed by atoms with van der Waals surface area (Å²) in [7, 11) is 0. The van der Waals surface area contributed by atoms with Crippen molar-refractivity contribution < 1.29 is 13.7 Å². The van der Waals surface area contributed by atoms with Crippen molar-refractivity contribution >= 4 is 0 Å². The quantitative estimate of drug-likeness (QED) is 0.724. The molecule has 25 heavy (non-hydrogen) atoms. The normalized spacial score (nSPS) is 16.6. The number of aryl methyl sites for hydroxylation is 1. The third-order valence-electron chi connectivity index (χ3n) is 4.04. The van der Waals surface area contributed by atoms with Crippen LogP contribution in [0.5, 0.6) is 5.75 Å². The predicted octanol–water partition coefficient (Wildman–Crippen LogP) is 1.48. The smallest absolute Gasteiger partial charge is 0.240 e. The molecule has 1 aliphatic heterocycles. The van der Waals surface area contributed by atoms with Gasteiger partial charge >= 0.3 is 0 Å². The highest BCUT2D eigenvalue weighted by atomic mass is 19.1. The third-order valence-corrected chi connectivity index (χ3v) is 4.04. The molecular weight excluding hydrogens is 327 g/mol. The maximum absolute atomic E-state index is 12.8. The number of rotatable bonds is 6. The van der Waals surface area contributed by atoms with Crippen molar-refractivity contribution in [3.05, 3.63) is 53.9 Å². The molecule has 1 N–H and O–H groups in total. The van der Waals surface area contributed by atoms with Crippen molar-refractivity contribution in [2.45, 2.75) is 38.6 Å². The first kappa shape index (κ1) is 15.7. The Labute approximate surface area is 143 Å². The van der Waals surface area contributed by atoms with Gasteiger partial charge in [0.15, 0.2) is 6.61 Å². The van der Waals surface area contributed by atoms with Crippen molar-refractivity contribution in [1.29, 1.82) is 0 Å². The zero-order valence-corrected chi connectivity index (χ0v) is 13.4. The van der Waals surface area contributed by atoms with Crippen LogP contribution < -0.4 is 10.1 Å². The third kappa shape index (κ3) is 3.82. The molecule has 1 aromatic carbocycles. The highest BCUT2D eigenvalue weighted by Crippen LogP contribution is 2.14. The van der Waals surface area contributed by atoms with Gasteiger partial charge in [-0.3, -0.25) is 0 Å². The lowest BCUT2D eigenvalue weighted by Crippen LogP contribution is -2.37. The van der Waals surface area contributed by atoms with Crippen molar-refractivity contribution in [3.8, 4) is 5.75 Å². The van der Waals surface area contributed by atoms with Gasteiger partial charge in [-0.15, -0.1) is 0 Å². The summed E-state index contributed by atoms with van der Waals surface area (Å²) in [5.41, 5.74) is 0. The molecule has 8 nitrogen and oxygen atoms in total. The molecule has 0 spiro atoms. The molecule has 3 heterocycles. The second kappa shape index (κ2) is 6.98. The zero-order chi connectivity index (χ0) is 17.1. The lowest BCUT2D eigenvalue weighted by molar-refractivity contribution is 0.282. The summed E-state index contributed by atoms with van der Waals surface area (Å²) >= 11 is 0. The average molecular weight is 344 g/mol. The Hall–Kier alpha value is -2.81. The number of aromatic nitrogens is 5. The van der Waals surface area contributed by atoms with Crippen molar-refractivity contribution in [1.82, 2.24) is 30.2 Å². The largest absolute Gasteiger partial charge is 0.485 e. The number of ether oxygens (including phenoxy) is 1. The van der Waals surface area contributed by atoms with Crippen LogP contribution in [-0.2, 0) is 26.1 Å². The van der Waals surface area contributed by atoms with E-state index in [1.165, 1.54) is 12.1 Å². The first-order valence-electron chi connectivity index (χ1n) is 8.06. The van der Waals surface area contributed by atoms with Crippen molar-refractivity contribution in [2.24, 2.45) is 0 Å². The van der Waals surface area contributed by atoms with Gasteiger partial charge in [0.05, 0.1) is 13.1 Å². The van der Waals surface area contributed by atoms with Gasteiger partial charge in [0.1, 0.15) is 23.7 Å². The van der Waals surface area contributed by atoms with Crippen LogP contribution in [0, 0.1) is 5.82 Å². The molecule has 0 radical (unpaired) electrons. The minimum absolute atomic E-state index is 0.168. The molecule has 4 rings (SSSR count). The van der Waals surface area contributed by atoms with Gasteiger partial charge in [-0.1, -0.05) is 5.16 Å². The molecule has 2 aromatic heterocycles. The minimum Gasteiger partial charge on any atom is -0.485 e. The lowest BCUT2D eigenvalue weighted by Gasteiger charge is -2.22. The molecular formula is C16H17FN6O2. The number of hydrogen-bond acceptors (Lipinski definition) is 7. The van der Waals surface area contributed by atoms with E-state index in [0.29, 0.717) is 30.1 Å². The van der Waals surface area contributed by atoms with E-state index in [-0.39, 0.29) is 12.4 Å². The Bertz CT molecular complexity index is 831. The maximum atomic E-state index is 12.8. The summed E-state index contributed by atoms with van der Waals surface area (Å²) in [6.07, 6.45) is 3.48. The van der Waals surface area contributed by atoms with Crippen LogP contribution in [0.2, 0.25) is 0 Å². The second-order valence-electron chi connectivity index (χ2n) is 5.82. The highest BCUT2D eigenvalue weighted by Gasteiger charge is 2.20. The minimum atomic E-state index is -0.305. The van der Waals surface area contributed by atoms with Gasteiger partial charge in [-0.25, -0.2) is 14.1 Å². The van der Waals surface area contributed by atoms with E-state index in [0.717, 1.165) is 25.2 Å². The molecule has 0 bridgehead atoms. The first-order chi connectivity index (χ1) is 12.3. The van der Waals surface area contributed by atoms with Crippen molar-refractivity contribution in [2.75, 3.05) is 0 Å². The Morgan fingerprint density at radius 2 is 2.20 bits per heavy atom. The standard InChI is InChI=1S/C16H17FN6O2/c17-11-1-4-13(5-2-11)24-9-14-21-16(25-22-14)7-18-12-3-6-15-19-10-20-23(15)8-12/h1-2,4-5,10,12,18H,3,6-9H2/t12-/m1/s1. The number of nitrogens with one attached hydrogen (secondary N) is 1. The SMILES string of the molecule is Fc1ccc(OCc2noc(CN[C@@H]3CCc4ncnn4C3)n2)cc1. The topological polar surface area (TPSA) is 90.9 Å². The number of nitrogens with zero attached hydrogens (tertiary/aromatic N) is 5. The molecule has 0 saturated heterocycles. The van der Waals surface area contributed by atoms with E-state index >= 15 is 0 Å². The molecule has 0 aliphatic carbocycles. The van der Waals surface area contributed by atoms with E-state index < -0.39 is 0 Å². The van der Waals surface area contributed by atoms with Crippen molar-refractivity contribution in [3.63, 3.8) is 0 Å². The predicted molar refractivity (Wildman–Crippen MR) is 84.0 cm³/mol. The van der Waals surface area contributed by atoms with Gasteiger partial charge in [0.25, 0.3) is 0 Å². The maximum Gasteiger partial charge on any atom is 0.240 e. The van der Waals surface area contributed by atoms with Gasteiger partial charge in [0.2, 0.25) is 11.7 Å². The fourth-order valence-corrected chi connectivity index (χ4v) is 2.74. The molecule has 0 unspecified atom stereocenters. The first-order valence-corrected chi connectivity index (χ1v) is 8.06. The van der Waals surface area contributed by atoms with Crippen LogP contribution in [0.3, 0.4) is 0 Å². The van der Waals surface area contributed by atoms with Crippen LogP contribution in [-0.4, -0.2) is 30.9 Å². The van der Waals surface area contributed by atoms with E-state index in [4.69, 9.17) is 9.26 Å². The molecule has 9 heteroatoms. The Balaban J connectivity index is 1.26. The Kier molecular flexibility index (Phi) is 4.38. The molecule has 0 amide bonds. The van der Waals surface area contributed by atoms with Crippen LogP contribution >= 0.6 is 0 Å². The summed E-state index contributed by atoms with van der Waals surface area (Å²) in [5, 5.41) is 11.5. The van der Waals surface area contributed by atoms with Crippen LogP contribution in [0.4, 0.5) is 4.39 Å². The van der Waals surface area contributed by atoms with E-state index in [9.17, 15) is 4.39 Å². The summed E-state index contributed by atoms with van der Waals surface area (Å²) < 4.78 is 25.5. The summed E-state index contributed by atoms with van der Waals surface area (Å²) in [5.74, 6) is 2.22. The lowest BCUT2D eigenvalue weighted by atomic mass is 10.1. The van der Waals surface area contributed by atoms with Crippen LogP contribution in [0.25, 0.3) is 0 Å². The average Bonchev–Trinajstić information content (AvgIpc) is 3.28. The van der Waals surface area contributed by atoms with E-state index in [2.05, 4.69) is 25.5 Å². The van der Waals surface area contributed by atoms with Gasteiger partial charge < -0.3 is 14.6 Å².